The monoisotopic (exact) mass is 312 g/mol. The normalized spacial score (nSPS) is 14.4. The summed E-state index contributed by atoms with van der Waals surface area (Å²) >= 11 is 1.38. The zero-order chi connectivity index (χ0) is 14.9. The minimum atomic E-state index is -0.314. The molecule has 0 spiro atoms. The fourth-order valence-corrected chi connectivity index (χ4v) is 3.05. The van der Waals surface area contributed by atoms with Crippen molar-refractivity contribution < 1.29 is 9.53 Å². The number of rotatable bonds is 3. The Bertz CT molecular complexity index is 813. The summed E-state index contributed by atoms with van der Waals surface area (Å²) < 4.78 is 11.1. The highest BCUT2D eigenvalue weighted by Gasteiger charge is 2.26. The molecule has 1 aromatic carbocycles. The SMILES string of the molecule is O=C1OCCN1c1ccccc1-n1ccnc1-c1cnsc1. The fourth-order valence-electron chi connectivity index (χ4n) is 2.54. The quantitative estimate of drug-likeness (QED) is 0.746. The van der Waals surface area contributed by atoms with Gasteiger partial charge in [0.1, 0.15) is 12.4 Å². The molecule has 1 aliphatic heterocycles. The van der Waals surface area contributed by atoms with Gasteiger partial charge in [0.2, 0.25) is 0 Å². The molecule has 3 aromatic rings. The van der Waals surface area contributed by atoms with Crippen molar-refractivity contribution in [2.45, 2.75) is 0 Å². The Morgan fingerprint density at radius 2 is 2.09 bits per heavy atom. The largest absolute Gasteiger partial charge is 0.447 e. The summed E-state index contributed by atoms with van der Waals surface area (Å²) in [5.74, 6) is 0.800. The zero-order valence-corrected chi connectivity index (χ0v) is 12.4. The molecule has 2 aromatic heterocycles. The van der Waals surface area contributed by atoms with E-state index in [1.165, 1.54) is 11.5 Å². The number of ether oxygens (including phenoxy) is 1. The molecule has 1 fully saturated rings. The smallest absolute Gasteiger partial charge is 0.414 e. The third kappa shape index (κ3) is 2.06. The maximum absolute atomic E-state index is 11.9. The summed E-state index contributed by atoms with van der Waals surface area (Å²) in [6.45, 7) is 0.971. The van der Waals surface area contributed by atoms with Gasteiger partial charge in [-0.25, -0.2) is 14.2 Å². The Labute approximate surface area is 130 Å². The minimum Gasteiger partial charge on any atom is -0.447 e. The van der Waals surface area contributed by atoms with Crippen LogP contribution in [0.5, 0.6) is 0 Å². The third-order valence-corrected chi connectivity index (χ3v) is 4.11. The van der Waals surface area contributed by atoms with Gasteiger partial charge >= 0.3 is 6.09 Å². The van der Waals surface area contributed by atoms with Crippen LogP contribution in [0.25, 0.3) is 17.1 Å². The van der Waals surface area contributed by atoms with Crippen LogP contribution in [0, 0.1) is 0 Å². The molecule has 110 valence electrons. The third-order valence-electron chi connectivity index (χ3n) is 3.52. The molecular weight excluding hydrogens is 300 g/mol. The first-order chi connectivity index (χ1) is 10.8. The molecule has 0 bridgehead atoms. The highest BCUT2D eigenvalue weighted by Crippen LogP contribution is 2.30. The van der Waals surface area contributed by atoms with Crippen molar-refractivity contribution in [2.24, 2.45) is 0 Å². The number of imidazole rings is 1. The Balaban J connectivity index is 1.85. The Morgan fingerprint density at radius 3 is 2.82 bits per heavy atom. The number of cyclic esters (lactones) is 1. The summed E-state index contributed by atoms with van der Waals surface area (Å²) in [6, 6.07) is 7.73. The molecule has 0 atom stereocenters. The Kier molecular flexibility index (Phi) is 3.12. The lowest BCUT2D eigenvalue weighted by molar-refractivity contribution is 0.181. The first kappa shape index (κ1) is 13.0. The van der Waals surface area contributed by atoms with Crippen LogP contribution in [-0.4, -0.2) is 33.2 Å². The van der Waals surface area contributed by atoms with Gasteiger partial charge in [0.25, 0.3) is 0 Å². The number of aromatic nitrogens is 3. The molecule has 0 unspecified atom stereocenters. The van der Waals surface area contributed by atoms with Gasteiger partial charge in [-0.05, 0) is 23.7 Å². The predicted octanol–water partition coefficient (Wildman–Crippen LogP) is 2.95. The molecule has 6 nitrogen and oxygen atoms in total. The van der Waals surface area contributed by atoms with Crippen molar-refractivity contribution in [3.8, 4) is 17.1 Å². The number of hydrogen-bond acceptors (Lipinski definition) is 5. The zero-order valence-electron chi connectivity index (χ0n) is 11.5. The van der Waals surface area contributed by atoms with E-state index in [4.69, 9.17) is 4.74 Å². The number of benzene rings is 1. The molecule has 0 radical (unpaired) electrons. The number of hydrogen-bond donors (Lipinski definition) is 0. The van der Waals surface area contributed by atoms with Crippen LogP contribution in [-0.2, 0) is 4.74 Å². The number of carbonyl (C=O) groups excluding carboxylic acids is 1. The van der Waals surface area contributed by atoms with E-state index in [-0.39, 0.29) is 6.09 Å². The molecule has 7 heteroatoms. The number of nitrogens with zero attached hydrogens (tertiary/aromatic N) is 4. The van der Waals surface area contributed by atoms with Crippen molar-refractivity contribution in [1.29, 1.82) is 0 Å². The van der Waals surface area contributed by atoms with E-state index in [9.17, 15) is 4.79 Å². The van der Waals surface area contributed by atoms with E-state index in [1.807, 2.05) is 40.4 Å². The van der Waals surface area contributed by atoms with E-state index in [0.717, 1.165) is 22.8 Å². The average Bonchev–Trinajstić information content (AvgIpc) is 3.28. The molecule has 1 amide bonds. The molecule has 3 heterocycles. The highest BCUT2D eigenvalue weighted by molar-refractivity contribution is 7.03. The van der Waals surface area contributed by atoms with Crippen LogP contribution >= 0.6 is 11.5 Å². The van der Waals surface area contributed by atoms with Crippen molar-refractivity contribution in [3.63, 3.8) is 0 Å². The van der Waals surface area contributed by atoms with Crippen LogP contribution < -0.4 is 4.90 Å². The molecular formula is C15H12N4O2S. The van der Waals surface area contributed by atoms with Crippen LogP contribution in [0.1, 0.15) is 0 Å². The molecule has 0 N–H and O–H groups in total. The summed E-state index contributed by atoms with van der Waals surface area (Å²) in [5.41, 5.74) is 2.65. The van der Waals surface area contributed by atoms with Crippen LogP contribution in [0.3, 0.4) is 0 Å². The number of amides is 1. The second kappa shape index (κ2) is 5.27. The minimum absolute atomic E-state index is 0.314. The van der Waals surface area contributed by atoms with Gasteiger partial charge < -0.3 is 4.74 Å². The maximum Gasteiger partial charge on any atom is 0.414 e. The van der Waals surface area contributed by atoms with Crippen molar-refractivity contribution in [1.82, 2.24) is 13.9 Å². The highest BCUT2D eigenvalue weighted by atomic mass is 32.1. The number of carbonyl (C=O) groups is 1. The molecule has 22 heavy (non-hydrogen) atoms. The molecule has 0 aliphatic carbocycles. The summed E-state index contributed by atoms with van der Waals surface area (Å²) in [4.78, 5) is 17.9. The van der Waals surface area contributed by atoms with Gasteiger partial charge in [-0.1, -0.05) is 12.1 Å². The Morgan fingerprint density at radius 1 is 1.23 bits per heavy atom. The lowest BCUT2D eigenvalue weighted by Crippen LogP contribution is -2.24. The van der Waals surface area contributed by atoms with Crippen LogP contribution in [0.15, 0.2) is 48.2 Å². The average molecular weight is 312 g/mol. The van der Waals surface area contributed by atoms with E-state index in [2.05, 4.69) is 9.36 Å². The first-order valence-electron chi connectivity index (χ1n) is 6.81. The lowest BCUT2D eigenvalue weighted by Gasteiger charge is -2.18. The lowest BCUT2D eigenvalue weighted by atomic mass is 10.2. The number of anilines is 1. The van der Waals surface area contributed by atoms with Crippen LogP contribution in [0.4, 0.5) is 10.5 Å². The maximum atomic E-state index is 11.9. The van der Waals surface area contributed by atoms with Crippen molar-refractivity contribution in [3.05, 3.63) is 48.2 Å². The predicted molar refractivity (Wildman–Crippen MR) is 83.4 cm³/mol. The topological polar surface area (TPSA) is 60.2 Å². The van der Waals surface area contributed by atoms with E-state index in [1.54, 1.807) is 17.3 Å². The molecule has 0 saturated carbocycles. The second-order valence-electron chi connectivity index (χ2n) is 4.79. The summed E-state index contributed by atoms with van der Waals surface area (Å²) in [7, 11) is 0. The van der Waals surface area contributed by atoms with Crippen molar-refractivity contribution in [2.75, 3.05) is 18.1 Å². The Hall–Kier alpha value is -2.67. The summed E-state index contributed by atoms with van der Waals surface area (Å²) in [6.07, 6.45) is 5.10. The van der Waals surface area contributed by atoms with Gasteiger partial charge in [-0.3, -0.25) is 9.47 Å². The second-order valence-corrected chi connectivity index (χ2v) is 5.45. The number of para-hydroxylation sites is 2. The molecule has 1 saturated heterocycles. The van der Waals surface area contributed by atoms with E-state index in [0.29, 0.717) is 13.2 Å². The van der Waals surface area contributed by atoms with Crippen molar-refractivity contribution >= 4 is 23.3 Å². The standard InChI is InChI=1S/C15H12N4O2S/c20-15-19(7-8-21-15)13-4-2-1-3-12(13)18-6-5-16-14(18)11-9-17-22-10-11/h1-6,9-10H,7-8H2. The van der Waals surface area contributed by atoms with E-state index < -0.39 is 0 Å². The van der Waals surface area contributed by atoms with Gasteiger partial charge in [0.15, 0.2) is 0 Å². The van der Waals surface area contributed by atoms with Gasteiger partial charge in [0.05, 0.1) is 24.1 Å². The van der Waals surface area contributed by atoms with Gasteiger partial charge in [-0.2, -0.15) is 0 Å². The molecule has 4 rings (SSSR count). The molecule has 1 aliphatic rings. The van der Waals surface area contributed by atoms with Gasteiger partial charge in [-0.15, -0.1) is 0 Å². The van der Waals surface area contributed by atoms with Crippen LogP contribution in [0.2, 0.25) is 0 Å². The van der Waals surface area contributed by atoms with Gasteiger partial charge in [0, 0.05) is 23.3 Å². The van der Waals surface area contributed by atoms with E-state index >= 15 is 0 Å². The first-order valence-corrected chi connectivity index (χ1v) is 7.65. The summed E-state index contributed by atoms with van der Waals surface area (Å²) in [5, 5.41) is 1.95. The fraction of sp³-hybridized carbons (Fsp3) is 0.133.